The molecule has 0 bridgehead atoms. The van der Waals surface area contributed by atoms with Crippen LogP contribution in [0.4, 0.5) is 0 Å². The summed E-state index contributed by atoms with van der Waals surface area (Å²) in [6.07, 6.45) is 0. The highest BCUT2D eigenvalue weighted by Gasteiger charge is 2.24. The Morgan fingerprint density at radius 2 is 0.372 bits per heavy atom. The van der Waals surface area contributed by atoms with Gasteiger partial charge in [0.1, 0.15) is 0 Å². The zero-order valence-corrected chi connectivity index (χ0v) is 66.4. The van der Waals surface area contributed by atoms with Gasteiger partial charge in [0.05, 0.1) is 32.9 Å². The van der Waals surface area contributed by atoms with Crippen molar-refractivity contribution in [1.82, 2.24) is 0 Å². The molecule has 3 aromatic heterocycles. The zero-order chi connectivity index (χ0) is 100. The molecule has 562 valence electrons. The van der Waals surface area contributed by atoms with E-state index in [9.17, 15) is 11.0 Å². The van der Waals surface area contributed by atoms with Gasteiger partial charge in [0, 0.05) is 60.5 Å². The van der Waals surface area contributed by atoms with Gasteiger partial charge in [-0.3, -0.25) is 0 Å². The third-order valence-electron chi connectivity index (χ3n) is 23.4. The van der Waals surface area contributed by atoms with Gasteiger partial charge in [0.15, 0.2) is 0 Å². The van der Waals surface area contributed by atoms with Crippen molar-refractivity contribution in [2.75, 3.05) is 0 Å². The van der Waals surface area contributed by atoms with Gasteiger partial charge in [-0.05, 0) is 258 Å². The average Bonchev–Trinajstić information content (AvgIpc) is 1.58. The maximum Gasteiger partial charge on any atom is 0.0629 e. The number of rotatable bonds is 7. The molecule has 3 heterocycles. The first-order valence-corrected chi connectivity index (χ1v) is 42.0. The molecule has 0 nitrogen and oxygen atoms in total. The smallest absolute Gasteiger partial charge is 0.0629 e. The molecule has 0 atom stereocenters. The maximum atomic E-state index is 9.31. The molecule has 0 fully saturated rings. The second kappa shape index (κ2) is 29.1. The summed E-state index contributed by atoms with van der Waals surface area (Å²) in [5, 5.41) is 17.0. The van der Waals surface area contributed by atoms with E-state index >= 15 is 0 Å². The van der Waals surface area contributed by atoms with Crippen LogP contribution in [0, 0.1) is 0 Å². The van der Waals surface area contributed by atoms with Gasteiger partial charge >= 0.3 is 0 Å². The van der Waals surface area contributed by atoms with Crippen LogP contribution in [0.25, 0.3) is 246 Å². The summed E-state index contributed by atoms with van der Waals surface area (Å²) >= 11 is 4.99. The molecule has 26 aromatic rings. The van der Waals surface area contributed by atoms with Crippen LogP contribution in [0.5, 0.6) is 0 Å². The summed E-state index contributed by atoms with van der Waals surface area (Å²) < 4.78 is 222. The Morgan fingerprint density at radius 1 is 0.140 bits per heavy atom. The highest BCUT2D eigenvalue weighted by atomic mass is 32.1. The van der Waals surface area contributed by atoms with Crippen molar-refractivity contribution in [1.29, 1.82) is 0 Å². The van der Waals surface area contributed by atoms with Crippen LogP contribution in [0.2, 0.25) is 0 Å². The number of hydrogen-bond donors (Lipinski definition) is 0. The number of hydrogen-bond acceptors (Lipinski definition) is 3. The van der Waals surface area contributed by atoms with E-state index in [1.807, 2.05) is 194 Å². The maximum absolute atomic E-state index is 9.31. The number of benzene rings is 23. The first-order chi connectivity index (χ1) is 70.0. The quantitative estimate of drug-likeness (QED) is 0.140. The Morgan fingerprint density at radius 3 is 0.711 bits per heavy atom. The van der Waals surface area contributed by atoms with Gasteiger partial charge in [-0.2, -0.15) is 0 Å². The monoisotopic (exact) mass is 1610 g/mol. The third-order valence-corrected chi connectivity index (χ3v) is 26.8. The minimum atomic E-state index is -0.410. The predicted octanol–water partition coefficient (Wildman–Crippen LogP) is 35.4. The SMILES string of the molecule is [2H]c1c([2H])c([2H])c2c(-c3ccc4sc5cc6ccccc6cc5c4c3)c3c([2H])c([2H])c([2H])c([2H])c3c(-c3ccc(-c4ccccc4)cc3)c2c1[2H].[2H]c1c([2H])c([2H])c2c(-c3ccc4sc5cc6ccccc6cc5c4c3)c3c([2H])c([2H])c([2H])c([2H])c3c(-c3ccccc3)c2c1[2H].[2H]c1c([2H])c([2H])c2c(-c3cccc4ccccc34)c3c([2H])c([2H])c([2H])c([2H])c3c(-c3ccc4sc5cc6ccccc6cc5c4c3)c2c1[2H]. The predicted molar refractivity (Wildman–Crippen MR) is 531 cm³/mol. The van der Waals surface area contributed by atoms with Crippen LogP contribution in [0.1, 0.15) is 32.9 Å². The van der Waals surface area contributed by atoms with Gasteiger partial charge in [-0.15, -0.1) is 34.0 Å². The fourth-order valence-corrected chi connectivity index (χ4v) is 21.3. The second-order valence-corrected chi connectivity index (χ2v) is 33.4. The normalized spacial score (nSPS) is 14.6. The van der Waals surface area contributed by atoms with Gasteiger partial charge in [-0.1, -0.05) is 363 Å². The lowest BCUT2D eigenvalue weighted by molar-refractivity contribution is 1.61. The van der Waals surface area contributed by atoms with Crippen molar-refractivity contribution >= 4 is 202 Å². The molecule has 0 aliphatic carbocycles. The fraction of sp³-hybridized carbons (Fsp3) is 0. The third kappa shape index (κ3) is 12.0. The van der Waals surface area contributed by atoms with E-state index in [4.69, 9.17) is 21.9 Å². The topological polar surface area (TPSA) is 0 Å². The van der Waals surface area contributed by atoms with Gasteiger partial charge in [-0.25, -0.2) is 0 Å². The molecular formula is C118H72S3. The van der Waals surface area contributed by atoms with Crippen molar-refractivity contribution in [2.24, 2.45) is 0 Å². The Balaban J connectivity index is 0.000000117. The lowest BCUT2D eigenvalue weighted by Gasteiger charge is -2.19. The Labute approximate surface area is 745 Å². The van der Waals surface area contributed by atoms with Crippen molar-refractivity contribution in [2.45, 2.75) is 0 Å². The lowest BCUT2D eigenvalue weighted by atomic mass is 9.84. The molecule has 26 rings (SSSR count). The van der Waals surface area contributed by atoms with E-state index in [1.54, 1.807) is 58.3 Å². The fourth-order valence-electron chi connectivity index (χ4n) is 17.9. The standard InChI is InChI=1S/C42H26S.C40H24S.C36H22S/c1-2-10-27(11-3-1)28-18-20-29(21-19-28)41-33-14-6-8-16-35(33)42(36-17-9-7-15-34(36)41)32-22-23-39-37(25-32)38-24-30-12-4-5-13-31(30)26-40(38)43-39;1-2-12-27-24-38-36(22-26(27)11-1)35-23-28(20-21-37(35)41-38)39-31-15-5-7-17-33(31)40(34-18-8-6-16-32(34)39)30-19-9-13-25-10-3-4-14-29(25)30;1-2-10-23(11-3-1)35-27-14-6-8-16-29(27)36(30-17-9-7-15-28(30)35)26-18-19-33-31(21-26)32-20-24-12-4-5-13-25(24)22-34(32)37-33/h1-26H;1-24H;1-22H/i6D,7D,8D,9D,14D,15D,16D,17D;5D,6D,7D,8D,15D,16D,17D,18D;6D,7D,8D,9D,14D,15D,16D,17D. The summed E-state index contributed by atoms with van der Waals surface area (Å²) in [6.45, 7) is 0. The molecule has 0 saturated heterocycles. The summed E-state index contributed by atoms with van der Waals surface area (Å²) in [5.74, 6) is 0. The van der Waals surface area contributed by atoms with E-state index in [-0.39, 0.29) is 137 Å². The summed E-state index contributed by atoms with van der Waals surface area (Å²) in [7, 11) is 0. The van der Waals surface area contributed by atoms with E-state index in [0.29, 0.717) is 66.8 Å². The molecule has 0 spiro atoms. The van der Waals surface area contributed by atoms with Crippen molar-refractivity contribution in [3.05, 3.63) is 436 Å². The van der Waals surface area contributed by atoms with Crippen molar-refractivity contribution in [3.8, 4) is 77.9 Å². The van der Waals surface area contributed by atoms with Crippen LogP contribution < -0.4 is 0 Å². The van der Waals surface area contributed by atoms with Gasteiger partial charge < -0.3 is 0 Å². The zero-order valence-electron chi connectivity index (χ0n) is 87.9. The molecular weight excluding hydrogens is 1510 g/mol. The summed E-state index contributed by atoms with van der Waals surface area (Å²) in [4.78, 5) is 0. The van der Waals surface area contributed by atoms with Gasteiger partial charge in [0.2, 0.25) is 0 Å². The molecule has 0 amide bonds. The summed E-state index contributed by atoms with van der Waals surface area (Å²) in [6, 6.07) is 86.9. The van der Waals surface area contributed by atoms with Crippen LogP contribution in [0.3, 0.4) is 0 Å². The average molecular weight is 1610 g/mol. The first-order valence-electron chi connectivity index (χ1n) is 51.6. The molecule has 0 aliphatic rings. The minimum absolute atomic E-state index is 0.210. The molecule has 0 unspecified atom stereocenters. The highest BCUT2D eigenvalue weighted by molar-refractivity contribution is 7.26. The van der Waals surface area contributed by atoms with Crippen molar-refractivity contribution in [3.63, 3.8) is 0 Å². The number of thiophene rings is 3. The molecule has 3 heteroatoms. The summed E-state index contributed by atoms with van der Waals surface area (Å²) in [5.41, 5.74) is 7.70. The number of fused-ring (bicyclic) bond motifs is 19. The van der Waals surface area contributed by atoms with E-state index in [1.165, 1.54) is 0 Å². The Hall–Kier alpha value is -14.7. The first kappa shape index (κ1) is 50.2. The van der Waals surface area contributed by atoms with Crippen LogP contribution in [-0.2, 0) is 0 Å². The second-order valence-electron chi connectivity index (χ2n) is 30.1. The van der Waals surface area contributed by atoms with Crippen molar-refractivity contribution < 1.29 is 32.9 Å². The van der Waals surface area contributed by atoms with E-state index in [2.05, 4.69) is 72.8 Å². The van der Waals surface area contributed by atoms with E-state index < -0.39 is 72.5 Å². The molecule has 0 saturated carbocycles. The Bertz CT molecular complexity index is 10000. The van der Waals surface area contributed by atoms with Crippen LogP contribution in [0.15, 0.2) is 436 Å². The lowest BCUT2D eigenvalue weighted by Crippen LogP contribution is -1.91. The van der Waals surface area contributed by atoms with Gasteiger partial charge in [0.25, 0.3) is 0 Å². The highest BCUT2D eigenvalue weighted by Crippen LogP contribution is 2.52. The minimum Gasteiger partial charge on any atom is -0.135 e. The Kier molecular flexibility index (Phi) is 12.1. The molecule has 0 radical (unpaired) electrons. The molecule has 121 heavy (non-hydrogen) atoms. The molecule has 0 aliphatic heterocycles. The van der Waals surface area contributed by atoms with Crippen LogP contribution in [-0.4, -0.2) is 0 Å². The van der Waals surface area contributed by atoms with E-state index in [0.717, 1.165) is 115 Å². The molecule has 0 N–H and O–H groups in total. The molecule has 23 aromatic carbocycles. The van der Waals surface area contributed by atoms with Crippen LogP contribution >= 0.6 is 34.0 Å². The largest absolute Gasteiger partial charge is 0.135 e.